The topological polar surface area (TPSA) is 118 Å². The van der Waals surface area contributed by atoms with Crippen molar-refractivity contribution in [2.24, 2.45) is 0 Å². The molecule has 8 nitrogen and oxygen atoms in total. The molecule has 138 valence electrons. The predicted octanol–water partition coefficient (Wildman–Crippen LogP) is 3.57. The van der Waals surface area contributed by atoms with E-state index < -0.39 is 39.6 Å². The second kappa shape index (κ2) is 7.90. The number of carbonyl (C=O) groups is 1. The van der Waals surface area contributed by atoms with Gasteiger partial charge in [-0.3, -0.25) is 19.2 Å². The Labute approximate surface area is 158 Å². The van der Waals surface area contributed by atoms with Crippen LogP contribution in [-0.2, 0) is 14.8 Å². The average molecular weight is 419 g/mol. The minimum absolute atomic E-state index is 0.0512. The number of aliphatic carboxylic acids is 1. The van der Waals surface area contributed by atoms with E-state index in [4.69, 9.17) is 28.3 Å². The number of halogens is 2. The van der Waals surface area contributed by atoms with Gasteiger partial charge < -0.3 is 5.11 Å². The van der Waals surface area contributed by atoms with Crippen LogP contribution < -0.4 is 4.31 Å². The molecule has 2 rings (SSSR count). The molecule has 0 unspecified atom stereocenters. The molecule has 2 aromatic rings. The Morgan fingerprint density at radius 3 is 2.31 bits per heavy atom. The van der Waals surface area contributed by atoms with E-state index in [1.54, 1.807) is 0 Å². The maximum absolute atomic E-state index is 13.0. The Balaban J connectivity index is 2.57. The number of nitro groups is 1. The summed E-state index contributed by atoms with van der Waals surface area (Å²) in [5.41, 5.74) is -0.358. The molecule has 0 aromatic heterocycles. The zero-order chi connectivity index (χ0) is 19.5. The van der Waals surface area contributed by atoms with Crippen LogP contribution in [0.4, 0.5) is 11.4 Å². The van der Waals surface area contributed by atoms with Crippen molar-refractivity contribution < 1.29 is 23.2 Å². The minimum atomic E-state index is -4.29. The number of benzene rings is 2. The van der Waals surface area contributed by atoms with E-state index in [0.29, 0.717) is 0 Å². The van der Waals surface area contributed by atoms with Crippen LogP contribution in [0.25, 0.3) is 0 Å². The summed E-state index contributed by atoms with van der Waals surface area (Å²) in [6.45, 7) is -0.406. The second-order valence-electron chi connectivity index (χ2n) is 5.10. The first-order valence-corrected chi connectivity index (χ1v) is 9.26. The van der Waals surface area contributed by atoms with E-state index in [0.717, 1.165) is 16.4 Å². The Morgan fingerprint density at radius 1 is 1.15 bits per heavy atom. The lowest BCUT2D eigenvalue weighted by molar-refractivity contribution is -0.385. The molecule has 0 fully saturated rings. The average Bonchev–Trinajstić information content (AvgIpc) is 2.53. The van der Waals surface area contributed by atoms with Crippen LogP contribution in [0.1, 0.15) is 6.42 Å². The number of carboxylic acids is 1. The van der Waals surface area contributed by atoms with E-state index in [-0.39, 0.29) is 20.6 Å². The van der Waals surface area contributed by atoms with Crippen LogP contribution in [0.3, 0.4) is 0 Å². The summed E-state index contributed by atoms with van der Waals surface area (Å²) >= 11 is 11.8. The van der Waals surface area contributed by atoms with Crippen molar-refractivity contribution in [3.63, 3.8) is 0 Å². The van der Waals surface area contributed by atoms with Gasteiger partial charge in [0.15, 0.2) is 0 Å². The molecule has 0 spiro atoms. The SMILES string of the molecule is O=C(O)CCN(c1cc(Cl)cc(Cl)c1)S(=O)(=O)c1cccc([N+](=O)[O-])c1. The Hall–Kier alpha value is -2.36. The van der Waals surface area contributed by atoms with Crippen molar-refractivity contribution in [3.8, 4) is 0 Å². The first-order valence-electron chi connectivity index (χ1n) is 7.06. The van der Waals surface area contributed by atoms with Gasteiger partial charge in [-0.1, -0.05) is 29.3 Å². The van der Waals surface area contributed by atoms with Gasteiger partial charge in [-0.05, 0) is 24.3 Å². The maximum Gasteiger partial charge on any atom is 0.305 e. The van der Waals surface area contributed by atoms with Crippen molar-refractivity contribution in [1.82, 2.24) is 0 Å². The molecular weight excluding hydrogens is 407 g/mol. The smallest absolute Gasteiger partial charge is 0.305 e. The van der Waals surface area contributed by atoms with E-state index in [2.05, 4.69) is 0 Å². The van der Waals surface area contributed by atoms with Crippen molar-refractivity contribution in [1.29, 1.82) is 0 Å². The van der Waals surface area contributed by atoms with Crippen LogP contribution in [0.2, 0.25) is 10.0 Å². The van der Waals surface area contributed by atoms with Crippen LogP contribution in [0.5, 0.6) is 0 Å². The fraction of sp³-hybridized carbons (Fsp3) is 0.133. The lowest BCUT2D eigenvalue weighted by atomic mass is 10.3. The molecule has 2 aromatic carbocycles. The van der Waals surface area contributed by atoms with Gasteiger partial charge in [0.2, 0.25) is 0 Å². The number of non-ortho nitro benzene ring substituents is 1. The molecule has 0 saturated heterocycles. The molecule has 0 bridgehead atoms. The van der Waals surface area contributed by atoms with Gasteiger partial charge in [-0.2, -0.15) is 0 Å². The van der Waals surface area contributed by atoms with Gasteiger partial charge >= 0.3 is 5.97 Å². The largest absolute Gasteiger partial charge is 0.481 e. The van der Waals surface area contributed by atoms with E-state index in [1.165, 1.54) is 30.3 Å². The van der Waals surface area contributed by atoms with Gasteiger partial charge in [0.25, 0.3) is 15.7 Å². The molecule has 0 aliphatic carbocycles. The zero-order valence-electron chi connectivity index (χ0n) is 13.0. The summed E-state index contributed by atoms with van der Waals surface area (Å²) < 4.78 is 26.7. The maximum atomic E-state index is 13.0. The second-order valence-corrected chi connectivity index (χ2v) is 7.84. The minimum Gasteiger partial charge on any atom is -0.481 e. The van der Waals surface area contributed by atoms with Gasteiger partial charge in [-0.15, -0.1) is 0 Å². The number of rotatable bonds is 7. The molecule has 0 aliphatic heterocycles. The number of hydrogen-bond acceptors (Lipinski definition) is 5. The number of hydrogen-bond donors (Lipinski definition) is 1. The summed E-state index contributed by atoms with van der Waals surface area (Å²) in [5.74, 6) is -1.21. The lowest BCUT2D eigenvalue weighted by Gasteiger charge is -2.24. The normalized spacial score (nSPS) is 11.2. The summed E-state index contributed by atoms with van der Waals surface area (Å²) in [5, 5.41) is 20.1. The molecule has 0 amide bonds. The van der Waals surface area contributed by atoms with Crippen molar-refractivity contribution in [2.45, 2.75) is 11.3 Å². The van der Waals surface area contributed by atoms with Gasteiger partial charge in [0.05, 0.1) is 21.9 Å². The predicted molar refractivity (Wildman–Crippen MR) is 96.3 cm³/mol. The highest BCUT2D eigenvalue weighted by Gasteiger charge is 2.27. The highest BCUT2D eigenvalue weighted by Crippen LogP contribution is 2.30. The fourth-order valence-corrected chi connectivity index (χ4v) is 4.16. The standard InChI is InChI=1S/C15H12Cl2N2O6S/c16-10-6-11(17)8-13(7-10)18(5-4-15(20)21)26(24,25)14-3-1-2-12(9-14)19(22)23/h1-3,6-9H,4-5H2,(H,20,21). The van der Waals surface area contributed by atoms with Crippen molar-refractivity contribution >= 4 is 50.6 Å². The Morgan fingerprint density at radius 2 is 1.77 bits per heavy atom. The summed E-state index contributed by atoms with van der Waals surface area (Å²) in [7, 11) is -4.29. The monoisotopic (exact) mass is 418 g/mol. The van der Waals surface area contributed by atoms with E-state index in [9.17, 15) is 23.3 Å². The van der Waals surface area contributed by atoms with E-state index in [1.807, 2.05) is 0 Å². The third kappa shape index (κ3) is 4.63. The molecular formula is C15H12Cl2N2O6S. The first-order chi connectivity index (χ1) is 12.1. The quantitative estimate of drug-likeness (QED) is 0.542. The number of nitro benzene ring substituents is 1. The number of carboxylic acid groups (broad SMARTS) is 1. The van der Waals surface area contributed by atoms with Crippen LogP contribution in [-0.4, -0.2) is 31.0 Å². The molecule has 0 saturated carbocycles. The third-order valence-corrected chi connectivity index (χ3v) is 5.54. The van der Waals surface area contributed by atoms with Gasteiger partial charge in [0.1, 0.15) is 0 Å². The number of sulfonamides is 1. The Kier molecular flexibility index (Phi) is 6.06. The molecule has 1 N–H and O–H groups in total. The fourth-order valence-electron chi connectivity index (χ4n) is 2.15. The van der Waals surface area contributed by atoms with Gasteiger partial charge in [0, 0.05) is 28.7 Å². The summed E-state index contributed by atoms with van der Waals surface area (Å²) in [6, 6.07) is 8.47. The molecule has 0 heterocycles. The highest BCUT2D eigenvalue weighted by molar-refractivity contribution is 7.92. The van der Waals surface area contributed by atoms with Crippen LogP contribution >= 0.6 is 23.2 Å². The van der Waals surface area contributed by atoms with Crippen molar-refractivity contribution in [3.05, 3.63) is 62.6 Å². The molecule has 0 aliphatic rings. The van der Waals surface area contributed by atoms with Gasteiger partial charge in [-0.25, -0.2) is 8.42 Å². The summed E-state index contributed by atoms with van der Waals surface area (Å²) in [4.78, 5) is 20.7. The third-order valence-electron chi connectivity index (χ3n) is 3.28. The molecule has 11 heteroatoms. The lowest BCUT2D eigenvalue weighted by Crippen LogP contribution is -2.33. The zero-order valence-corrected chi connectivity index (χ0v) is 15.3. The molecule has 0 radical (unpaired) electrons. The highest BCUT2D eigenvalue weighted by atomic mass is 35.5. The number of anilines is 1. The van der Waals surface area contributed by atoms with Crippen molar-refractivity contribution in [2.75, 3.05) is 10.8 Å². The first kappa shape index (κ1) is 20.0. The molecule has 26 heavy (non-hydrogen) atoms. The van der Waals surface area contributed by atoms with Crippen LogP contribution in [0.15, 0.2) is 47.4 Å². The number of nitrogens with zero attached hydrogens (tertiary/aromatic N) is 2. The summed E-state index contributed by atoms with van der Waals surface area (Å²) in [6.07, 6.45) is -0.488. The molecule has 0 atom stereocenters. The van der Waals surface area contributed by atoms with E-state index >= 15 is 0 Å². The van der Waals surface area contributed by atoms with Crippen LogP contribution in [0, 0.1) is 10.1 Å². The Bertz CT molecular complexity index is 944.